The zero-order chi connectivity index (χ0) is 50.2. The SMILES string of the molecule is CC(C)(C)OC(=O)N1CCC(=O)CC1.Cc1ccc2cc(-c3ccnc(N(C)C)n3)cc(N)c2c1.Cc1ccc2cc(-c3ccnc(N(C)C)n3)cc(NC3CCN(C(=O)OC(C)(C)C)CC3)c2c1. The molecule has 4 aromatic carbocycles. The van der Waals surface area contributed by atoms with E-state index in [9.17, 15) is 14.4 Å². The Kier molecular flexibility index (Phi) is 16.3. The zero-order valence-electron chi connectivity index (χ0n) is 42.5. The first-order valence-corrected chi connectivity index (χ1v) is 23.6. The maximum Gasteiger partial charge on any atom is 0.410 e. The molecule has 0 saturated carbocycles. The quantitative estimate of drug-likeness (QED) is 0.151. The number of rotatable bonds is 6. The number of hydrogen-bond donors (Lipinski definition) is 2. The van der Waals surface area contributed by atoms with Crippen LogP contribution in [0.25, 0.3) is 44.1 Å². The standard InChI is InChI=1S/C27H35N5O2.C17H18N4.C10H17NO3/c1-18-7-8-19-16-20(23-9-12-28-25(30-23)31(5)6)17-24(22(19)15-18)29-21-10-13-32(14-11-21)26(33)34-27(2,3)4;1-11-4-5-12-9-13(10-15(18)14(12)8-11)16-6-7-19-17(20-16)21(2)3;1-10(2,3)14-9(13)11-6-4-8(12)5-7-11/h7-9,12,15-17,21,29H,10-11,13-14H2,1-6H3;4-10H,18H2,1-3H3;4-7H2,1-3H3. The Balaban J connectivity index is 0.000000189. The molecule has 8 rings (SSSR count). The molecule has 2 fully saturated rings. The Hall–Kier alpha value is -7.03. The highest BCUT2D eigenvalue weighted by atomic mass is 16.6. The van der Waals surface area contributed by atoms with Gasteiger partial charge in [0.05, 0.1) is 11.4 Å². The highest BCUT2D eigenvalue weighted by molar-refractivity contribution is 5.98. The van der Waals surface area contributed by atoms with Crippen LogP contribution >= 0.6 is 0 Å². The summed E-state index contributed by atoms with van der Waals surface area (Å²) in [4.78, 5) is 60.0. The van der Waals surface area contributed by atoms with Crippen molar-refractivity contribution in [2.45, 2.75) is 98.3 Å². The number of hydrogen-bond acceptors (Lipinski definition) is 13. The number of amides is 2. The van der Waals surface area contributed by atoms with Gasteiger partial charge >= 0.3 is 12.2 Å². The van der Waals surface area contributed by atoms with Crippen LogP contribution in [0.15, 0.2) is 85.2 Å². The van der Waals surface area contributed by atoms with E-state index in [1.54, 1.807) is 17.3 Å². The molecule has 0 unspecified atom stereocenters. The van der Waals surface area contributed by atoms with Crippen LogP contribution in [0.5, 0.6) is 0 Å². The first-order chi connectivity index (χ1) is 32.5. The molecule has 2 saturated heterocycles. The van der Waals surface area contributed by atoms with E-state index in [4.69, 9.17) is 20.2 Å². The molecule has 69 heavy (non-hydrogen) atoms. The lowest BCUT2D eigenvalue weighted by Gasteiger charge is -2.34. The fraction of sp³-hybridized carbons (Fsp3) is 0.426. The van der Waals surface area contributed by atoms with E-state index in [1.807, 2.05) is 103 Å². The average molecular weight is 939 g/mol. The summed E-state index contributed by atoms with van der Waals surface area (Å²) in [6.45, 7) is 17.7. The molecule has 3 N–H and O–H groups in total. The first kappa shape index (κ1) is 51.4. The van der Waals surface area contributed by atoms with Gasteiger partial charge in [0.15, 0.2) is 0 Å². The highest BCUT2D eigenvalue weighted by Crippen LogP contribution is 2.34. The number of benzene rings is 4. The van der Waals surface area contributed by atoms with Crippen LogP contribution in [-0.4, -0.2) is 119 Å². The number of piperidine rings is 2. The van der Waals surface area contributed by atoms with Crippen LogP contribution in [0, 0.1) is 13.8 Å². The fourth-order valence-electron chi connectivity index (χ4n) is 7.85. The Morgan fingerprint density at radius 2 is 1.09 bits per heavy atom. The third-order valence-electron chi connectivity index (χ3n) is 11.4. The number of ketones is 1. The molecule has 15 heteroatoms. The molecule has 2 aliphatic rings. The monoisotopic (exact) mass is 939 g/mol. The summed E-state index contributed by atoms with van der Waals surface area (Å²) in [5.41, 5.74) is 13.4. The molecular weight excluding hydrogens is 869 g/mol. The smallest absolute Gasteiger partial charge is 0.410 e. The highest BCUT2D eigenvalue weighted by Gasteiger charge is 2.28. The van der Waals surface area contributed by atoms with Crippen molar-refractivity contribution in [2.75, 3.05) is 75.2 Å². The summed E-state index contributed by atoms with van der Waals surface area (Å²) in [5.74, 6) is 1.60. The van der Waals surface area contributed by atoms with Gasteiger partial charge < -0.3 is 40.1 Å². The van der Waals surface area contributed by atoms with Crippen LogP contribution in [0.1, 0.15) is 78.4 Å². The number of nitrogen functional groups attached to an aromatic ring is 1. The Labute approximate surface area is 407 Å². The van der Waals surface area contributed by atoms with Crippen molar-refractivity contribution in [1.82, 2.24) is 29.7 Å². The van der Waals surface area contributed by atoms with Crippen LogP contribution in [0.4, 0.5) is 32.9 Å². The van der Waals surface area contributed by atoms with Gasteiger partial charge in [0, 0.05) is 119 Å². The van der Waals surface area contributed by atoms with Gasteiger partial charge in [0.25, 0.3) is 0 Å². The van der Waals surface area contributed by atoms with Crippen LogP contribution in [0.2, 0.25) is 0 Å². The van der Waals surface area contributed by atoms with E-state index in [-0.39, 0.29) is 24.0 Å². The van der Waals surface area contributed by atoms with Gasteiger partial charge in [-0.25, -0.2) is 29.5 Å². The topological polar surface area (TPSA) is 172 Å². The molecular formula is C54H70N10O5. The summed E-state index contributed by atoms with van der Waals surface area (Å²) in [7, 11) is 7.74. The van der Waals surface area contributed by atoms with Crippen LogP contribution in [-0.2, 0) is 14.3 Å². The van der Waals surface area contributed by atoms with Crippen molar-refractivity contribution >= 4 is 62.8 Å². The van der Waals surface area contributed by atoms with E-state index in [0.29, 0.717) is 50.9 Å². The lowest BCUT2D eigenvalue weighted by molar-refractivity contribution is -0.121. The fourth-order valence-corrected chi connectivity index (χ4v) is 7.85. The molecule has 2 aromatic heterocycles. The predicted molar refractivity (Wildman–Crippen MR) is 279 cm³/mol. The molecule has 366 valence electrons. The largest absolute Gasteiger partial charge is 0.444 e. The molecule has 0 bridgehead atoms. The van der Waals surface area contributed by atoms with E-state index in [1.165, 1.54) is 21.9 Å². The Morgan fingerprint density at radius 1 is 0.638 bits per heavy atom. The molecule has 2 aliphatic heterocycles. The lowest BCUT2D eigenvalue weighted by Crippen LogP contribution is -2.44. The molecule has 0 radical (unpaired) electrons. The number of Topliss-reactive ketones (excluding diaryl/α,β-unsaturated/α-hetero) is 1. The van der Waals surface area contributed by atoms with Gasteiger partial charge in [-0.1, -0.05) is 35.4 Å². The summed E-state index contributed by atoms with van der Waals surface area (Å²) < 4.78 is 10.7. The number of nitrogens with one attached hydrogen (secondary N) is 1. The van der Waals surface area contributed by atoms with Crippen molar-refractivity contribution in [3.63, 3.8) is 0 Å². The first-order valence-electron chi connectivity index (χ1n) is 23.6. The van der Waals surface area contributed by atoms with Crippen molar-refractivity contribution in [2.24, 2.45) is 0 Å². The van der Waals surface area contributed by atoms with Crippen molar-refractivity contribution in [3.05, 3.63) is 96.3 Å². The van der Waals surface area contributed by atoms with E-state index in [0.717, 1.165) is 57.5 Å². The number of aryl methyl sites for hydroxylation is 2. The zero-order valence-corrected chi connectivity index (χ0v) is 42.5. The number of nitrogens with zero attached hydrogens (tertiary/aromatic N) is 8. The van der Waals surface area contributed by atoms with E-state index < -0.39 is 11.2 Å². The minimum Gasteiger partial charge on any atom is -0.444 e. The van der Waals surface area contributed by atoms with Crippen molar-refractivity contribution in [3.8, 4) is 22.5 Å². The number of ether oxygens (including phenoxy) is 2. The molecule has 6 aromatic rings. The Bertz CT molecular complexity index is 2760. The van der Waals surface area contributed by atoms with Crippen LogP contribution in [0.3, 0.4) is 0 Å². The number of anilines is 4. The third-order valence-corrected chi connectivity index (χ3v) is 11.4. The van der Waals surface area contributed by atoms with Gasteiger partial charge in [0.1, 0.15) is 17.0 Å². The molecule has 0 aliphatic carbocycles. The minimum atomic E-state index is -0.475. The number of carbonyl (C=O) groups excluding carboxylic acids is 3. The van der Waals surface area contributed by atoms with Gasteiger partial charge in [-0.2, -0.15) is 0 Å². The van der Waals surface area contributed by atoms with Gasteiger partial charge in [0.2, 0.25) is 11.9 Å². The van der Waals surface area contributed by atoms with Gasteiger partial charge in [-0.15, -0.1) is 0 Å². The molecule has 0 atom stereocenters. The third kappa shape index (κ3) is 14.5. The summed E-state index contributed by atoms with van der Waals surface area (Å²) in [5, 5.41) is 8.35. The maximum absolute atomic E-state index is 12.4. The van der Waals surface area contributed by atoms with Gasteiger partial charge in [-0.05, 0) is 128 Å². The van der Waals surface area contributed by atoms with Crippen LogP contribution < -0.4 is 20.9 Å². The minimum absolute atomic E-state index is 0.227. The Morgan fingerprint density at radius 3 is 1.57 bits per heavy atom. The normalized spacial score (nSPS) is 14.3. The number of fused-ring (bicyclic) bond motifs is 2. The molecule has 0 spiro atoms. The summed E-state index contributed by atoms with van der Waals surface area (Å²) in [6.07, 6.45) is 5.69. The molecule has 15 nitrogen and oxygen atoms in total. The second kappa shape index (κ2) is 21.9. The maximum atomic E-state index is 12.4. The predicted octanol–water partition coefficient (Wildman–Crippen LogP) is 10.3. The average Bonchev–Trinajstić information content (AvgIpc) is 3.29. The number of aromatic nitrogens is 4. The number of likely N-dealkylation sites (tertiary alicyclic amines) is 2. The summed E-state index contributed by atoms with van der Waals surface area (Å²) in [6, 6.07) is 25.4. The molecule has 4 heterocycles. The number of nitrogens with two attached hydrogens (primary N) is 1. The van der Waals surface area contributed by atoms with Crippen molar-refractivity contribution in [1.29, 1.82) is 0 Å². The van der Waals surface area contributed by atoms with Gasteiger partial charge in [-0.3, -0.25) is 4.79 Å². The van der Waals surface area contributed by atoms with E-state index >= 15 is 0 Å². The molecule has 2 amide bonds. The second-order valence-corrected chi connectivity index (χ2v) is 20.2. The lowest BCUT2D eigenvalue weighted by atomic mass is 9.99. The second-order valence-electron chi connectivity index (χ2n) is 20.2. The van der Waals surface area contributed by atoms with E-state index in [2.05, 4.69) is 88.7 Å². The van der Waals surface area contributed by atoms with Crippen molar-refractivity contribution < 1.29 is 23.9 Å². The number of carbonyl (C=O) groups is 3. The summed E-state index contributed by atoms with van der Waals surface area (Å²) >= 11 is 0.